The van der Waals surface area contributed by atoms with E-state index in [2.05, 4.69) is 10.3 Å². The van der Waals surface area contributed by atoms with Crippen LogP contribution in [0.3, 0.4) is 0 Å². The maximum atomic E-state index is 12.7. The summed E-state index contributed by atoms with van der Waals surface area (Å²) in [7, 11) is 0. The van der Waals surface area contributed by atoms with E-state index < -0.39 is 23.5 Å². The van der Waals surface area contributed by atoms with E-state index in [1.165, 1.54) is 12.3 Å². The van der Waals surface area contributed by atoms with Crippen LogP contribution in [0.4, 0.5) is 22.8 Å². The monoisotopic (exact) mass is 424 g/mol. The largest absolute Gasteiger partial charge is 0.447 e. The molecule has 30 heavy (non-hydrogen) atoms. The van der Waals surface area contributed by atoms with Gasteiger partial charge in [0.05, 0.1) is 13.1 Å². The van der Waals surface area contributed by atoms with Crippen molar-refractivity contribution in [3.8, 4) is 0 Å². The van der Waals surface area contributed by atoms with Crippen molar-refractivity contribution in [3.63, 3.8) is 0 Å². The molecule has 4 aliphatic rings. The zero-order chi connectivity index (χ0) is 21.1. The Labute approximate surface area is 171 Å². The first-order valence-corrected chi connectivity index (χ1v) is 10.2. The summed E-state index contributed by atoms with van der Waals surface area (Å²) in [5, 5.41) is 2.77. The van der Waals surface area contributed by atoms with Gasteiger partial charge in [-0.3, -0.25) is 4.98 Å². The van der Waals surface area contributed by atoms with Gasteiger partial charge in [0.2, 0.25) is 0 Å². The van der Waals surface area contributed by atoms with Crippen LogP contribution < -0.4 is 5.32 Å². The van der Waals surface area contributed by atoms with Crippen molar-refractivity contribution < 1.29 is 27.5 Å². The lowest BCUT2D eigenvalue weighted by Crippen LogP contribution is -2.73. The number of urea groups is 1. The average Bonchev–Trinajstić information content (AvgIpc) is 3.22. The van der Waals surface area contributed by atoms with Crippen molar-refractivity contribution in [1.29, 1.82) is 0 Å². The van der Waals surface area contributed by atoms with Gasteiger partial charge in [0.1, 0.15) is 17.8 Å². The Bertz CT molecular complexity index is 861. The quantitative estimate of drug-likeness (QED) is 0.792. The van der Waals surface area contributed by atoms with E-state index in [1.54, 1.807) is 4.90 Å². The lowest BCUT2D eigenvalue weighted by molar-refractivity contribution is -0.141. The maximum absolute atomic E-state index is 12.7. The normalized spacial score (nSPS) is 26.4. The molecule has 4 heterocycles. The molecule has 1 aromatic rings. The van der Waals surface area contributed by atoms with Crippen LogP contribution in [-0.4, -0.2) is 65.2 Å². The maximum Gasteiger partial charge on any atom is 0.433 e. The van der Waals surface area contributed by atoms with Gasteiger partial charge in [0.15, 0.2) is 0 Å². The Kier molecular flexibility index (Phi) is 4.20. The van der Waals surface area contributed by atoms with Crippen LogP contribution in [0.1, 0.15) is 30.5 Å². The number of aromatic nitrogens is 1. The number of carbonyl (C=O) groups excluding carboxylic acids is 2. The van der Waals surface area contributed by atoms with Gasteiger partial charge in [-0.25, -0.2) is 9.59 Å². The number of likely N-dealkylation sites (tertiary alicyclic amines) is 2. The zero-order valence-electron chi connectivity index (χ0n) is 16.4. The Morgan fingerprint density at radius 2 is 1.97 bits per heavy atom. The predicted octanol–water partition coefficient (Wildman–Crippen LogP) is 2.66. The number of ether oxygens (including phenoxy) is 1. The van der Waals surface area contributed by atoms with Crippen molar-refractivity contribution in [2.45, 2.75) is 37.4 Å². The van der Waals surface area contributed by atoms with Crippen LogP contribution >= 0.6 is 0 Å². The summed E-state index contributed by atoms with van der Waals surface area (Å²) < 4.78 is 42.9. The number of hydrogen-bond donors (Lipinski definition) is 1. The minimum Gasteiger partial charge on any atom is -0.447 e. The highest BCUT2D eigenvalue weighted by molar-refractivity contribution is 5.78. The van der Waals surface area contributed by atoms with E-state index in [0.29, 0.717) is 25.6 Å². The molecular weight excluding hydrogens is 401 g/mol. The van der Waals surface area contributed by atoms with E-state index >= 15 is 0 Å². The second kappa shape index (κ2) is 6.49. The number of alkyl halides is 3. The number of cyclic esters (lactones) is 1. The van der Waals surface area contributed by atoms with Crippen LogP contribution in [0.15, 0.2) is 18.3 Å². The number of nitrogens with zero attached hydrogens (tertiary/aromatic N) is 3. The van der Waals surface area contributed by atoms with Gasteiger partial charge in [0, 0.05) is 24.7 Å². The van der Waals surface area contributed by atoms with Gasteiger partial charge in [0.25, 0.3) is 0 Å². The van der Waals surface area contributed by atoms with Crippen molar-refractivity contribution in [2.24, 2.45) is 11.3 Å². The second-order valence-electron chi connectivity index (χ2n) is 9.34. The molecule has 1 unspecified atom stereocenters. The first-order chi connectivity index (χ1) is 14.2. The molecule has 10 heteroatoms. The van der Waals surface area contributed by atoms with Crippen molar-refractivity contribution in [3.05, 3.63) is 29.6 Å². The minimum atomic E-state index is -4.41. The summed E-state index contributed by atoms with van der Waals surface area (Å²) in [4.78, 5) is 31.0. The first kappa shape index (κ1) is 19.4. The van der Waals surface area contributed by atoms with Crippen molar-refractivity contribution in [2.75, 3.05) is 32.8 Å². The molecule has 162 valence electrons. The third-order valence-corrected chi connectivity index (χ3v) is 6.87. The Balaban J connectivity index is 1.10. The Morgan fingerprint density at radius 1 is 1.23 bits per heavy atom. The van der Waals surface area contributed by atoms with E-state index in [9.17, 15) is 22.8 Å². The number of alkyl carbamates (subject to hydrolysis) is 1. The number of amides is 3. The molecule has 3 saturated heterocycles. The first-order valence-electron chi connectivity index (χ1n) is 10.2. The summed E-state index contributed by atoms with van der Waals surface area (Å²) in [6, 6.07) is 2.56. The number of nitrogens with one attached hydrogen (secondary N) is 1. The van der Waals surface area contributed by atoms with E-state index in [0.717, 1.165) is 50.4 Å². The highest BCUT2D eigenvalue weighted by atomic mass is 19.4. The third-order valence-electron chi connectivity index (χ3n) is 6.87. The molecule has 0 bridgehead atoms. The molecule has 2 spiro atoms. The molecular formula is C20H23F3N4O3. The standard InChI is InChI=1S/C20H23F3N4O3/c21-20(22,23)15-2-1-14(7-24-15)5-13-3-4-18(6-13)8-26(9-18)17(29)27-10-19(11-27)12-30-16(28)25-19/h1-2,7,13H,3-6,8-12H2,(H,25,28). The summed E-state index contributed by atoms with van der Waals surface area (Å²) in [5.74, 6) is 0.402. The lowest BCUT2D eigenvalue weighted by Gasteiger charge is -2.53. The number of carbonyl (C=O) groups is 2. The highest BCUT2D eigenvalue weighted by Gasteiger charge is 2.55. The third kappa shape index (κ3) is 3.35. The van der Waals surface area contributed by atoms with Gasteiger partial charge < -0.3 is 19.9 Å². The van der Waals surface area contributed by atoms with Gasteiger partial charge in [-0.1, -0.05) is 6.07 Å². The molecule has 1 saturated carbocycles. The van der Waals surface area contributed by atoms with E-state index in [4.69, 9.17) is 4.74 Å². The number of rotatable bonds is 2. The van der Waals surface area contributed by atoms with Gasteiger partial charge in [-0.05, 0) is 43.2 Å². The smallest absolute Gasteiger partial charge is 0.433 e. The zero-order valence-corrected chi connectivity index (χ0v) is 16.4. The topological polar surface area (TPSA) is 74.8 Å². The molecule has 0 radical (unpaired) electrons. The van der Waals surface area contributed by atoms with Gasteiger partial charge >= 0.3 is 18.3 Å². The van der Waals surface area contributed by atoms with Crippen molar-refractivity contribution in [1.82, 2.24) is 20.1 Å². The molecule has 1 N–H and O–H groups in total. The van der Waals surface area contributed by atoms with Crippen LogP contribution in [0.25, 0.3) is 0 Å². The summed E-state index contributed by atoms with van der Waals surface area (Å²) in [6.45, 7) is 2.70. The average molecular weight is 424 g/mol. The van der Waals surface area contributed by atoms with Crippen LogP contribution in [0.5, 0.6) is 0 Å². The fraction of sp³-hybridized carbons (Fsp3) is 0.650. The summed E-state index contributed by atoms with van der Waals surface area (Å²) in [6.07, 6.45) is 0.230. The van der Waals surface area contributed by atoms with E-state index in [1.807, 2.05) is 4.90 Å². The van der Waals surface area contributed by atoms with E-state index in [-0.39, 0.29) is 11.4 Å². The SMILES string of the molecule is O=C1NC2(CO1)CN(C(=O)N1CC3(CCC(Cc4ccc(C(F)(F)F)nc4)C3)C1)C2. The predicted molar refractivity (Wildman–Crippen MR) is 98.5 cm³/mol. The number of halogens is 3. The molecule has 5 rings (SSSR count). The van der Waals surface area contributed by atoms with Crippen LogP contribution in [0.2, 0.25) is 0 Å². The van der Waals surface area contributed by atoms with Crippen LogP contribution in [-0.2, 0) is 17.3 Å². The highest BCUT2D eigenvalue weighted by Crippen LogP contribution is 2.49. The molecule has 3 aliphatic heterocycles. The fourth-order valence-corrected chi connectivity index (χ4v) is 5.42. The second-order valence-corrected chi connectivity index (χ2v) is 9.34. The molecule has 0 aromatic carbocycles. The molecule has 3 amide bonds. The minimum absolute atomic E-state index is 0.00258. The van der Waals surface area contributed by atoms with Gasteiger partial charge in [-0.15, -0.1) is 0 Å². The summed E-state index contributed by atoms with van der Waals surface area (Å²) in [5.41, 5.74) is -0.320. The Morgan fingerprint density at radius 3 is 2.57 bits per heavy atom. The number of pyridine rings is 1. The Hall–Kier alpha value is -2.52. The molecule has 7 nitrogen and oxygen atoms in total. The number of hydrogen-bond acceptors (Lipinski definition) is 4. The summed E-state index contributed by atoms with van der Waals surface area (Å²) >= 11 is 0. The molecule has 1 atom stereocenters. The van der Waals surface area contributed by atoms with Crippen molar-refractivity contribution >= 4 is 12.1 Å². The van der Waals surface area contributed by atoms with Crippen LogP contribution in [0, 0.1) is 11.3 Å². The van der Waals surface area contributed by atoms with Gasteiger partial charge in [-0.2, -0.15) is 13.2 Å². The lowest BCUT2D eigenvalue weighted by atomic mass is 9.77. The fourth-order valence-electron chi connectivity index (χ4n) is 5.42. The molecule has 1 aliphatic carbocycles. The molecule has 4 fully saturated rings. The molecule has 1 aromatic heterocycles.